The number of aromatic nitrogens is 2. The smallest absolute Gasteiger partial charge is 0.215 e. The van der Waals surface area contributed by atoms with Gasteiger partial charge in [-0.15, -0.1) is 0 Å². The highest BCUT2D eigenvalue weighted by atomic mass is 35.5. The quantitative estimate of drug-likeness (QED) is 0.556. The first kappa shape index (κ1) is 14.2. The molecule has 2 aromatic rings. The topological polar surface area (TPSA) is 79.7 Å². The Morgan fingerprint density at radius 1 is 1.33 bits per heavy atom. The molecule has 2 heterocycles. The molecule has 7 heteroatoms. The van der Waals surface area contributed by atoms with Gasteiger partial charge in [-0.25, -0.2) is 0 Å². The molecule has 3 rings (SSSR count). The van der Waals surface area contributed by atoms with Crippen LogP contribution in [0.5, 0.6) is 0 Å². The largest absolute Gasteiger partial charge is 0.370 e. The number of hydrogen-bond donors (Lipinski definition) is 3. The maximum atomic E-state index is 7.69. The first-order valence-electron chi connectivity index (χ1n) is 6.73. The van der Waals surface area contributed by atoms with Gasteiger partial charge in [0.1, 0.15) is 5.82 Å². The van der Waals surface area contributed by atoms with E-state index in [2.05, 4.69) is 10.4 Å². The third-order valence-electron chi connectivity index (χ3n) is 3.54. The second kappa shape index (κ2) is 5.58. The number of nitrogens with two attached hydrogens (primary N) is 1. The molecule has 0 spiro atoms. The number of nitrogens with zero attached hydrogens (tertiary/aromatic N) is 2. The van der Waals surface area contributed by atoms with Gasteiger partial charge >= 0.3 is 0 Å². The molecule has 1 aliphatic heterocycles. The highest BCUT2D eigenvalue weighted by Gasteiger charge is 2.23. The fourth-order valence-corrected chi connectivity index (χ4v) is 3.07. The second-order valence-electron chi connectivity index (χ2n) is 4.98. The zero-order valence-corrected chi connectivity index (χ0v) is 12.8. The number of anilines is 1. The minimum absolute atomic E-state index is 0.114. The summed E-state index contributed by atoms with van der Waals surface area (Å²) in [5.74, 6) is 0.679. The molecule has 0 radical (unpaired) electrons. The van der Waals surface area contributed by atoms with Crippen LogP contribution in [-0.2, 0) is 6.42 Å². The van der Waals surface area contributed by atoms with E-state index in [0.29, 0.717) is 10.0 Å². The zero-order chi connectivity index (χ0) is 15.0. The number of nitrogen functional groups attached to an aromatic ring is 1. The van der Waals surface area contributed by atoms with E-state index >= 15 is 0 Å². The van der Waals surface area contributed by atoms with Gasteiger partial charge in [-0.3, -0.25) is 5.41 Å². The molecule has 0 saturated carbocycles. The number of nitrogens with one attached hydrogen (secondary N) is 2. The molecule has 21 heavy (non-hydrogen) atoms. The fourth-order valence-electron chi connectivity index (χ4n) is 2.57. The summed E-state index contributed by atoms with van der Waals surface area (Å²) in [6, 6.07) is 5.33. The maximum absolute atomic E-state index is 7.69. The van der Waals surface area contributed by atoms with Crippen LogP contribution in [0.1, 0.15) is 18.4 Å². The van der Waals surface area contributed by atoms with Crippen LogP contribution < -0.4 is 11.1 Å². The van der Waals surface area contributed by atoms with Crippen LogP contribution >= 0.6 is 23.2 Å². The molecule has 0 unspecified atom stereocenters. The van der Waals surface area contributed by atoms with Crippen molar-refractivity contribution in [2.45, 2.75) is 19.3 Å². The van der Waals surface area contributed by atoms with Gasteiger partial charge in [0.2, 0.25) is 5.96 Å². The van der Waals surface area contributed by atoms with Crippen molar-refractivity contribution < 1.29 is 0 Å². The van der Waals surface area contributed by atoms with Crippen molar-refractivity contribution in [1.29, 1.82) is 5.41 Å². The van der Waals surface area contributed by atoms with E-state index in [4.69, 9.17) is 34.3 Å². The summed E-state index contributed by atoms with van der Waals surface area (Å²) in [7, 11) is 0. The summed E-state index contributed by atoms with van der Waals surface area (Å²) in [6.07, 6.45) is 3.01. The maximum Gasteiger partial charge on any atom is 0.215 e. The van der Waals surface area contributed by atoms with E-state index in [1.165, 1.54) is 4.68 Å². The van der Waals surface area contributed by atoms with Gasteiger partial charge in [0, 0.05) is 22.7 Å². The Bertz CT molecular complexity index is 708. The zero-order valence-electron chi connectivity index (χ0n) is 11.3. The lowest BCUT2D eigenvalue weighted by atomic mass is 10.0. The van der Waals surface area contributed by atoms with Gasteiger partial charge in [0.15, 0.2) is 0 Å². The summed E-state index contributed by atoms with van der Waals surface area (Å²) in [5, 5.41) is 16.6. The van der Waals surface area contributed by atoms with Gasteiger partial charge in [-0.2, -0.15) is 9.78 Å². The van der Waals surface area contributed by atoms with E-state index in [1.807, 2.05) is 6.07 Å². The first-order valence-corrected chi connectivity index (χ1v) is 7.49. The Hall–Kier alpha value is -1.72. The molecule has 0 saturated heterocycles. The average molecular weight is 324 g/mol. The summed E-state index contributed by atoms with van der Waals surface area (Å²) in [6.45, 7) is 0.847. The lowest BCUT2D eigenvalue weighted by molar-refractivity contribution is 0.781. The van der Waals surface area contributed by atoms with Crippen LogP contribution in [0.4, 0.5) is 5.82 Å². The summed E-state index contributed by atoms with van der Waals surface area (Å²) >= 11 is 12.3. The summed E-state index contributed by atoms with van der Waals surface area (Å²) < 4.78 is 1.43. The molecule has 0 atom stereocenters. The van der Waals surface area contributed by atoms with Crippen LogP contribution in [-0.4, -0.2) is 22.3 Å². The van der Waals surface area contributed by atoms with Crippen LogP contribution in [0.25, 0.3) is 11.3 Å². The molecule has 110 valence electrons. The molecule has 1 aromatic carbocycles. The van der Waals surface area contributed by atoms with Gasteiger partial charge in [0.05, 0.1) is 10.7 Å². The first-order chi connectivity index (χ1) is 10.1. The number of fused-ring (bicyclic) bond motifs is 1. The molecule has 4 N–H and O–H groups in total. The highest BCUT2D eigenvalue weighted by molar-refractivity contribution is 6.36. The fraction of sp³-hybridized carbons (Fsp3) is 0.286. The van der Waals surface area contributed by atoms with Gasteiger partial charge in [-0.1, -0.05) is 23.2 Å². The number of benzene rings is 1. The normalized spacial score (nSPS) is 14.2. The van der Waals surface area contributed by atoms with Crippen LogP contribution in [0, 0.1) is 5.41 Å². The van der Waals surface area contributed by atoms with E-state index in [-0.39, 0.29) is 5.96 Å². The predicted octanol–water partition coefficient (Wildman–Crippen LogP) is 3.35. The average Bonchev–Trinajstić information content (AvgIpc) is 2.63. The summed E-state index contributed by atoms with van der Waals surface area (Å²) in [5.41, 5.74) is 8.25. The van der Waals surface area contributed by atoms with E-state index in [9.17, 15) is 0 Å². The molecule has 1 aliphatic rings. The van der Waals surface area contributed by atoms with E-state index in [1.54, 1.807) is 12.1 Å². The van der Waals surface area contributed by atoms with Crippen molar-refractivity contribution in [3.05, 3.63) is 33.8 Å². The molecular formula is C14H15Cl2N5. The molecule has 1 aromatic heterocycles. The third-order valence-corrected chi connectivity index (χ3v) is 4.09. The minimum Gasteiger partial charge on any atom is -0.370 e. The van der Waals surface area contributed by atoms with E-state index < -0.39 is 0 Å². The number of rotatable bonds is 1. The molecular weight excluding hydrogens is 309 g/mol. The second-order valence-corrected chi connectivity index (χ2v) is 5.82. The van der Waals surface area contributed by atoms with Gasteiger partial charge < -0.3 is 11.1 Å². The van der Waals surface area contributed by atoms with Crippen molar-refractivity contribution in [1.82, 2.24) is 9.78 Å². The lowest BCUT2D eigenvalue weighted by Gasteiger charge is -2.06. The monoisotopic (exact) mass is 323 g/mol. The molecule has 0 bridgehead atoms. The summed E-state index contributed by atoms with van der Waals surface area (Å²) in [4.78, 5) is 0. The van der Waals surface area contributed by atoms with Crippen LogP contribution in [0.15, 0.2) is 18.2 Å². The highest BCUT2D eigenvalue weighted by Crippen LogP contribution is 2.36. The Balaban J connectivity index is 2.20. The minimum atomic E-state index is -0.114. The molecule has 5 nitrogen and oxygen atoms in total. The Labute approximate surface area is 132 Å². The lowest BCUT2D eigenvalue weighted by Crippen LogP contribution is -2.24. The number of halogens is 2. The van der Waals surface area contributed by atoms with Crippen molar-refractivity contribution >= 4 is 35.0 Å². The Morgan fingerprint density at radius 3 is 2.86 bits per heavy atom. The van der Waals surface area contributed by atoms with Crippen LogP contribution in [0.3, 0.4) is 0 Å². The van der Waals surface area contributed by atoms with Crippen LogP contribution in [0.2, 0.25) is 10.0 Å². The SMILES string of the molecule is N=C(N)n1nc(-c2ccc(Cl)cc2Cl)c2c1NCCCC2. The van der Waals surface area contributed by atoms with Gasteiger partial charge in [0.25, 0.3) is 0 Å². The van der Waals surface area contributed by atoms with Gasteiger partial charge in [-0.05, 0) is 37.5 Å². The molecule has 0 aliphatic carbocycles. The van der Waals surface area contributed by atoms with Crippen molar-refractivity contribution in [2.75, 3.05) is 11.9 Å². The third kappa shape index (κ3) is 2.59. The number of hydrogen-bond acceptors (Lipinski definition) is 3. The van der Waals surface area contributed by atoms with Crippen molar-refractivity contribution in [2.24, 2.45) is 5.73 Å². The predicted molar refractivity (Wildman–Crippen MR) is 86.4 cm³/mol. The Morgan fingerprint density at radius 2 is 2.14 bits per heavy atom. The van der Waals surface area contributed by atoms with E-state index in [0.717, 1.165) is 48.4 Å². The van der Waals surface area contributed by atoms with Crippen molar-refractivity contribution in [3.63, 3.8) is 0 Å². The molecule has 0 fully saturated rings. The molecule has 0 amide bonds. The van der Waals surface area contributed by atoms with Crippen molar-refractivity contribution in [3.8, 4) is 11.3 Å². The Kier molecular flexibility index (Phi) is 3.78. The standard InChI is InChI=1S/C14H15Cl2N5/c15-8-4-5-9(11(16)7-8)12-10-3-1-2-6-19-13(10)21(20-12)14(17)18/h4-5,7,19H,1-3,6H2,(H3,17,18).